The molecule has 3 aromatic rings. The van der Waals surface area contributed by atoms with E-state index in [1.807, 2.05) is 30.6 Å². The Morgan fingerprint density at radius 3 is 2.48 bits per heavy atom. The number of carbonyl (C=O) groups excluding carboxylic acids is 1. The Kier molecular flexibility index (Phi) is 5.65. The van der Waals surface area contributed by atoms with Crippen LogP contribution in [0.4, 0.5) is 4.39 Å². The predicted octanol–water partition coefficient (Wildman–Crippen LogP) is 3.82. The van der Waals surface area contributed by atoms with Crippen LogP contribution in [0.5, 0.6) is 0 Å². The number of halogens is 2. The van der Waals surface area contributed by atoms with Crippen LogP contribution in [-0.4, -0.2) is 33.6 Å². The number of imidazole rings is 1. The number of ether oxygens (including phenoxy) is 1. The van der Waals surface area contributed by atoms with E-state index in [-0.39, 0.29) is 11.8 Å². The second-order valence-corrected chi connectivity index (χ2v) is 7.60. The van der Waals surface area contributed by atoms with Gasteiger partial charge in [-0.2, -0.15) is 0 Å². The molecule has 7 heteroatoms. The first-order valence-electron chi connectivity index (χ1n) is 9.37. The molecule has 29 heavy (non-hydrogen) atoms. The highest BCUT2D eigenvalue weighted by Crippen LogP contribution is 2.26. The van der Waals surface area contributed by atoms with E-state index in [1.54, 1.807) is 12.1 Å². The van der Waals surface area contributed by atoms with Crippen molar-refractivity contribution in [1.29, 1.82) is 0 Å². The van der Waals surface area contributed by atoms with Gasteiger partial charge in [-0.15, -0.1) is 0 Å². The van der Waals surface area contributed by atoms with Crippen LogP contribution in [0.2, 0.25) is 5.02 Å². The maximum absolute atomic E-state index is 13.3. The number of rotatable bonds is 5. The van der Waals surface area contributed by atoms with Crippen LogP contribution in [-0.2, 0) is 35.6 Å². The summed E-state index contributed by atoms with van der Waals surface area (Å²) < 4.78 is 20.4. The Bertz CT molecular complexity index is 1000. The predicted molar refractivity (Wildman–Crippen MR) is 108 cm³/mol. The topological polar surface area (TPSA) is 47.4 Å². The van der Waals surface area contributed by atoms with Crippen molar-refractivity contribution in [3.63, 3.8) is 0 Å². The first-order chi connectivity index (χ1) is 14.0. The molecular formula is C22H21ClFN3O2. The minimum Gasteiger partial charge on any atom is -0.468 e. The zero-order valence-electron chi connectivity index (χ0n) is 16.0. The molecule has 1 aliphatic heterocycles. The molecular weight excluding hydrogens is 393 g/mol. The van der Waals surface area contributed by atoms with Gasteiger partial charge in [-0.25, -0.2) is 9.37 Å². The van der Waals surface area contributed by atoms with Crippen molar-refractivity contribution in [1.82, 2.24) is 14.5 Å². The number of nitrogens with zero attached hydrogens (tertiary/aromatic N) is 3. The van der Waals surface area contributed by atoms with Gasteiger partial charge in [-0.05, 0) is 35.4 Å². The molecule has 0 bridgehead atoms. The molecule has 0 aliphatic carbocycles. The third kappa shape index (κ3) is 4.33. The Hall–Kier alpha value is -2.70. The average Bonchev–Trinajstić information content (AvgIpc) is 3.12. The Balaban J connectivity index is 1.60. The molecule has 1 atom stereocenters. The van der Waals surface area contributed by atoms with Crippen molar-refractivity contribution in [2.75, 3.05) is 7.11 Å². The molecule has 1 aliphatic rings. The first-order valence-corrected chi connectivity index (χ1v) is 9.75. The van der Waals surface area contributed by atoms with Crippen LogP contribution in [0.1, 0.15) is 22.5 Å². The lowest BCUT2D eigenvalue weighted by atomic mass is 10.0. The third-order valence-corrected chi connectivity index (χ3v) is 5.50. The van der Waals surface area contributed by atoms with E-state index in [4.69, 9.17) is 16.3 Å². The lowest BCUT2D eigenvalue weighted by Crippen LogP contribution is -2.46. The fourth-order valence-corrected chi connectivity index (χ4v) is 3.82. The fraction of sp³-hybridized carbons (Fsp3) is 0.273. The van der Waals surface area contributed by atoms with E-state index in [1.165, 1.54) is 19.2 Å². The van der Waals surface area contributed by atoms with Crippen LogP contribution >= 0.6 is 11.6 Å². The van der Waals surface area contributed by atoms with Gasteiger partial charge in [0, 0.05) is 31.1 Å². The van der Waals surface area contributed by atoms with Gasteiger partial charge in [-0.3, -0.25) is 9.69 Å². The Morgan fingerprint density at radius 2 is 1.79 bits per heavy atom. The molecule has 1 unspecified atom stereocenters. The van der Waals surface area contributed by atoms with Gasteiger partial charge >= 0.3 is 5.97 Å². The fourth-order valence-electron chi connectivity index (χ4n) is 3.70. The van der Waals surface area contributed by atoms with Crippen molar-refractivity contribution in [2.24, 2.45) is 0 Å². The molecule has 0 amide bonds. The first kappa shape index (κ1) is 19.6. The van der Waals surface area contributed by atoms with Gasteiger partial charge in [0.25, 0.3) is 0 Å². The van der Waals surface area contributed by atoms with E-state index in [0.29, 0.717) is 31.1 Å². The summed E-state index contributed by atoms with van der Waals surface area (Å²) in [6, 6.07) is 13.6. The summed E-state index contributed by atoms with van der Waals surface area (Å²) in [5, 5.41) is 0.702. The monoisotopic (exact) mass is 413 g/mol. The minimum absolute atomic E-state index is 0.278. The van der Waals surface area contributed by atoms with Gasteiger partial charge in [0.2, 0.25) is 0 Å². The van der Waals surface area contributed by atoms with E-state index >= 15 is 0 Å². The van der Waals surface area contributed by atoms with Crippen molar-refractivity contribution in [3.8, 4) is 0 Å². The van der Waals surface area contributed by atoms with E-state index in [0.717, 1.165) is 22.5 Å². The summed E-state index contributed by atoms with van der Waals surface area (Å²) >= 11 is 5.98. The highest BCUT2D eigenvalue weighted by atomic mass is 35.5. The number of benzene rings is 2. The van der Waals surface area contributed by atoms with Crippen molar-refractivity contribution >= 4 is 17.6 Å². The third-order valence-electron chi connectivity index (χ3n) is 5.25. The van der Waals surface area contributed by atoms with E-state index in [9.17, 15) is 9.18 Å². The van der Waals surface area contributed by atoms with Crippen molar-refractivity contribution < 1.29 is 13.9 Å². The smallest absolute Gasteiger partial charge is 0.323 e. The summed E-state index contributed by atoms with van der Waals surface area (Å²) in [6.07, 6.45) is 2.30. The van der Waals surface area contributed by atoms with E-state index in [2.05, 4.69) is 14.5 Å². The second-order valence-electron chi connectivity index (χ2n) is 7.17. The number of esters is 1. The second kappa shape index (κ2) is 8.35. The molecule has 2 aromatic carbocycles. The number of methoxy groups -OCH3 is 1. The van der Waals surface area contributed by atoms with Crippen LogP contribution in [0.3, 0.4) is 0 Å². The highest BCUT2D eigenvalue weighted by molar-refractivity contribution is 6.30. The van der Waals surface area contributed by atoms with Crippen LogP contribution in [0.25, 0.3) is 0 Å². The highest BCUT2D eigenvalue weighted by Gasteiger charge is 2.34. The quantitative estimate of drug-likeness (QED) is 0.596. The SMILES string of the molecule is COC(=O)C1Cc2ncn(Cc3ccc(Cl)cc3)c2CN1Cc1ccc(F)cc1. The lowest BCUT2D eigenvalue weighted by molar-refractivity contribution is -0.148. The van der Waals surface area contributed by atoms with E-state index < -0.39 is 6.04 Å². The van der Waals surface area contributed by atoms with Crippen molar-refractivity contribution in [3.05, 3.63) is 88.2 Å². The minimum atomic E-state index is -0.420. The molecule has 150 valence electrons. The number of carbonyl (C=O) groups is 1. The maximum Gasteiger partial charge on any atom is 0.323 e. The number of fused-ring (bicyclic) bond motifs is 1. The summed E-state index contributed by atoms with van der Waals surface area (Å²) in [7, 11) is 1.40. The number of aromatic nitrogens is 2. The summed E-state index contributed by atoms with van der Waals surface area (Å²) in [5.74, 6) is -0.565. The largest absolute Gasteiger partial charge is 0.468 e. The van der Waals surface area contributed by atoms with Gasteiger partial charge < -0.3 is 9.30 Å². The molecule has 0 spiro atoms. The van der Waals surface area contributed by atoms with Gasteiger partial charge in [0.05, 0.1) is 24.8 Å². The van der Waals surface area contributed by atoms with Crippen LogP contribution < -0.4 is 0 Å². The van der Waals surface area contributed by atoms with Crippen LogP contribution in [0.15, 0.2) is 54.9 Å². The zero-order valence-corrected chi connectivity index (χ0v) is 16.8. The normalized spacial score (nSPS) is 16.4. The molecule has 0 N–H and O–H groups in total. The molecule has 4 rings (SSSR count). The molecule has 2 heterocycles. The van der Waals surface area contributed by atoms with Gasteiger partial charge in [-0.1, -0.05) is 35.9 Å². The number of hydrogen-bond acceptors (Lipinski definition) is 4. The lowest BCUT2D eigenvalue weighted by Gasteiger charge is -2.34. The maximum atomic E-state index is 13.3. The molecule has 0 saturated heterocycles. The summed E-state index contributed by atoms with van der Waals surface area (Å²) in [6.45, 7) is 1.75. The standard InChI is InChI=1S/C22H21ClFN3O2/c1-29-22(28)20-10-19-21(13-26(20)11-16-4-8-18(24)9-5-16)27(14-25-19)12-15-2-6-17(23)7-3-15/h2-9,14,20H,10-13H2,1H3. The molecule has 0 saturated carbocycles. The molecule has 5 nitrogen and oxygen atoms in total. The summed E-state index contributed by atoms with van der Waals surface area (Å²) in [4.78, 5) is 19.0. The molecule has 0 radical (unpaired) electrons. The van der Waals surface area contributed by atoms with Gasteiger partial charge in [0.15, 0.2) is 0 Å². The Morgan fingerprint density at radius 1 is 1.14 bits per heavy atom. The number of hydrogen-bond donors (Lipinski definition) is 0. The zero-order chi connectivity index (χ0) is 20.4. The molecule has 0 fully saturated rings. The Labute approximate surface area is 173 Å². The average molecular weight is 414 g/mol. The van der Waals surface area contributed by atoms with Gasteiger partial charge in [0.1, 0.15) is 11.9 Å². The molecule has 1 aromatic heterocycles. The summed E-state index contributed by atoms with van der Waals surface area (Å²) in [5.41, 5.74) is 4.04. The van der Waals surface area contributed by atoms with Crippen LogP contribution in [0, 0.1) is 5.82 Å². The van der Waals surface area contributed by atoms with Crippen molar-refractivity contribution in [2.45, 2.75) is 32.1 Å².